The Hall–Kier alpha value is -2.59. The second kappa shape index (κ2) is 10.9. The molecule has 1 saturated carbocycles. The Morgan fingerprint density at radius 2 is 2.00 bits per heavy atom. The molecular weight excluding hydrogens is 562 g/mol. The van der Waals surface area contributed by atoms with Gasteiger partial charge >= 0.3 is 10.2 Å². The lowest BCUT2D eigenvalue weighted by molar-refractivity contribution is 0.0456. The van der Waals surface area contributed by atoms with E-state index in [9.17, 15) is 18.3 Å². The summed E-state index contributed by atoms with van der Waals surface area (Å²) in [5.41, 5.74) is 3.27. The van der Waals surface area contributed by atoms with E-state index in [2.05, 4.69) is 21.8 Å². The van der Waals surface area contributed by atoms with Crippen molar-refractivity contribution in [3.05, 3.63) is 70.3 Å². The molecule has 6 rings (SSSR count). The fourth-order valence-electron chi connectivity index (χ4n) is 7.00. The molecule has 1 fully saturated rings. The summed E-state index contributed by atoms with van der Waals surface area (Å²) in [6, 6.07) is 10.9. The third-order valence-corrected chi connectivity index (χ3v) is 11.5. The number of rotatable bonds is 0. The number of fused-ring (bicyclic) bond motifs is 4. The number of nitrogens with one attached hydrogen (secondary N) is 1. The van der Waals surface area contributed by atoms with Gasteiger partial charge < -0.3 is 14.7 Å². The molecule has 1 spiro atoms. The van der Waals surface area contributed by atoms with E-state index in [-0.39, 0.29) is 22.8 Å². The fourth-order valence-corrected chi connectivity index (χ4v) is 8.25. The number of amides is 1. The summed E-state index contributed by atoms with van der Waals surface area (Å²) in [4.78, 5) is 15.6. The summed E-state index contributed by atoms with van der Waals surface area (Å²) in [5, 5.41) is 11.8. The minimum atomic E-state index is -4.08. The van der Waals surface area contributed by atoms with E-state index in [1.165, 1.54) is 18.2 Å². The number of aliphatic hydroxyl groups excluding tert-OH is 1. The fraction of sp³-hybridized carbons (Fsp3) is 0.516. The summed E-state index contributed by atoms with van der Waals surface area (Å²) in [5.74, 6) is 0.383. The van der Waals surface area contributed by atoms with Crippen LogP contribution in [-0.2, 0) is 22.0 Å². The zero-order chi connectivity index (χ0) is 28.9. The molecule has 2 aliphatic heterocycles. The summed E-state index contributed by atoms with van der Waals surface area (Å²) >= 11 is 6.37. The quantitative estimate of drug-likeness (QED) is 0.434. The van der Waals surface area contributed by atoms with Gasteiger partial charge in [-0.2, -0.15) is 12.7 Å². The lowest BCUT2D eigenvalue weighted by Crippen LogP contribution is -2.49. The molecule has 2 heterocycles. The van der Waals surface area contributed by atoms with Crippen LogP contribution < -0.4 is 14.4 Å². The molecule has 2 aromatic carbocycles. The van der Waals surface area contributed by atoms with Crippen molar-refractivity contribution < 1.29 is 23.1 Å². The highest BCUT2D eigenvalue weighted by Gasteiger charge is 2.44. The lowest BCUT2D eigenvalue weighted by atomic mass is 9.68. The SMILES string of the molecule is C[C@H]1C/C=C/[C@H](O)[C@@H]2CC[C@H]2CN2C[C@@]3(CCCc4cc(Cl)ccc43)COc3ccc(cc32)C(=O)NS(=O)(=O)N1C. The van der Waals surface area contributed by atoms with E-state index in [0.29, 0.717) is 31.9 Å². The van der Waals surface area contributed by atoms with Gasteiger partial charge in [0.15, 0.2) is 0 Å². The van der Waals surface area contributed by atoms with Gasteiger partial charge in [0, 0.05) is 42.2 Å². The number of aryl methyl sites for hydroxylation is 1. The van der Waals surface area contributed by atoms with Crippen LogP contribution in [-0.4, -0.2) is 62.6 Å². The minimum Gasteiger partial charge on any atom is -0.490 e. The van der Waals surface area contributed by atoms with E-state index in [1.807, 2.05) is 12.1 Å². The Morgan fingerprint density at radius 1 is 1.17 bits per heavy atom. The zero-order valence-corrected chi connectivity index (χ0v) is 25.1. The number of ether oxygens (including phenoxy) is 1. The topological polar surface area (TPSA) is 99.2 Å². The average Bonchev–Trinajstić information content (AvgIpc) is 3.06. The molecule has 5 atom stereocenters. The predicted octanol–water partition coefficient (Wildman–Crippen LogP) is 4.46. The van der Waals surface area contributed by atoms with Crippen LogP contribution in [0.5, 0.6) is 5.75 Å². The summed E-state index contributed by atoms with van der Waals surface area (Å²) in [6.45, 7) is 3.67. The Morgan fingerprint density at radius 3 is 2.78 bits per heavy atom. The number of carbonyl (C=O) groups excluding carboxylic acids is 1. The van der Waals surface area contributed by atoms with Crippen molar-refractivity contribution in [2.24, 2.45) is 11.8 Å². The number of hydrogen-bond acceptors (Lipinski definition) is 6. The zero-order valence-electron chi connectivity index (χ0n) is 23.6. The van der Waals surface area contributed by atoms with Crippen molar-refractivity contribution in [2.75, 3.05) is 31.6 Å². The first kappa shape index (κ1) is 28.5. The van der Waals surface area contributed by atoms with Crippen molar-refractivity contribution in [2.45, 2.75) is 63.0 Å². The van der Waals surface area contributed by atoms with Gasteiger partial charge in [0.2, 0.25) is 0 Å². The Balaban J connectivity index is 1.42. The largest absolute Gasteiger partial charge is 0.490 e. The Labute approximate surface area is 247 Å². The van der Waals surface area contributed by atoms with Crippen molar-refractivity contribution >= 4 is 33.4 Å². The van der Waals surface area contributed by atoms with E-state index in [0.717, 1.165) is 47.1 Å². The van der Waals surface area contributed by atoms with Crippen molar-refractivity contribution in [3.63, 3.8) is 0 Å². The molecule has 220 valence electrons. The maximum Gasteiger partial charge on any atom is 0.304 e. The second-order valence-electron chi connectivity index (χ2n) is 12.2. The van der Waals surface area contributed by atoms with Gasteiger partial charge in [-0.15, -0.1) is 0 Å². The molecule has 0 aromatic heterocycles. The number of benzene rings is 2. The molecule has 2 aliphatic carbocycles. The maximum absolute atomic E-state index is 13.3. The van der Waals surface area contributed by atoms with Gasteiger partial charge in [-0.25, -0.2) is 4.72 Å². The summed E-state index contributed by atoms with van der Waals surface area (Å²) < 4.78 is 36.0. The van der Waals surface area contributed by atoms with Crippen LogP contribution in [0.1, 0.15) is 60.5 Å². The number of hydrogen-bond donors (Lipinski definition) is 2. The molecular formula is C31H38ClN3O5S. The first-order valence-corrected chi connectivity index (χ1v) is 16.3. The highest BCUT2D eigenvalue weighted by Crippen LogP contribution is 2.46. The average molecular weight is 600 g/mol. The van der Waals surface area contributed by atoms with Gasteiger partial charge in [-0.1, -0.05) is 29.8 Å². The third kappa shape index (κ3) is 5.38. The smallest absolute Gasteiger partial charge is 0.304 e. The molecule has 0 radical (unpaired) electrons. The number of nitrogens with zero attached hydrogens (tertiary/aromatic N) is 2. The summed E-state index contributed by atoms with van der Waals surface area (Å²) in [7, 11) is -2.62. The van der Waals surface area contributed by atoms with Crippen molar-refractivity contribution in [1.29, 1.82) is 0 Å². The minimum absolute atomic E-state index is 0.114. The molecule has 8 nitrogen and oxygen atoms in total. The number of anilines is 1. The molecule has 2 bridgehead atoms. The molecule has 0 saturated heterocycles. The van der Waals surface area contributed by atoms with Crippen LogP contribution in [0.25, 0.3) is 0 Å². The number of carbonyl (C=O) groups is 1. The highest BCUT2D eigenvalue weighted by atomic mass is 35.5. The monoisotopic (exact) mass is 599 g/mol. The number of aliphatic hydroxyl groups is 1. The lowest BCUT2D eigenvalue weighted by Gasteiger charge is -2.45. The Bertz CT molecular complexity index is 1480. The number of halogens is 1. The van der Waals surface area contributed by atoms with Crippen LogP contribution in [0.3, 0.4) is 0 Å². The van der Waals surface area contributed by atoms with Crippen molar-refractivity contribution in [1.82, 2.24) is 9.03 Å². The molecule has 2 aromatic rings. The van der Waals surface area contributed by atoms with Gasteiger partial charge in [-0.05, 0) is 98.7 Å². The van der Waals surface area contributed by atoms with Gasteiger partial charge in [0.25, 0.3) is 5.91 Å². The van der Waals surface area contributed by atoms with Crippen LogP contribution in [0.15, 0.2) is 48.6 Å². The van der Waals surface area contributed by atoms with E-state index in [4.69, 9.17) is 16.3 Å². The Kier molecular flexibility index (Phi) is 7.59. The molecule has 41 heavy (non-hydrogen) atoms. The first-order valence-electron chi connectivity index (χ1n) is 14.5. The molecule has 0 unspecified atom stereocenters. The standard InChI is InChI=1S/C31H38ClN3O5S/c1-20-5-3-7-28(36)25-11-8-23(25)17-35-18-31(14-4-6-21-15-24(32)10-12-26(21)31)19-40-29-13-9-22(16-27(29)35)30(37)33-41(38,39)34(20)2/h3,7,9-10,12-13,15-16,20,23,25,28,36H,4-6,8,11,14,17-19H2,1-2H3,(H,33,37)/b7-3+/t20-,23-,25+,28-,31-/m0/s1. The maximum atomic E-state index is 13.3. The molecule has 1 amide bonds. The van der Waals surface area contributed by atoms with Gasteiger partial charge in [-0.3, -0.25) is 4.79 Å². The highest BCUT2D eigenvalue weighted by molar-refractivity contribution is 7.87. The van der Waals surface area contributed by atoms with Crippen LogP contribution >= 0.6 is 11.6 Å². The van der Waals surface area contributed by atoms with Crippen LogP contribution in [0.2, 0.25) is 5.02 Å². The molecule has 10 heteroatoms. The van der Waals surface area contributed by atoms with E-state index in [1.54, 1.807) is 31.2 Å². The second-order valence-corrected chi connectivity index (χ2v) is 14.4. The summed E-state index contributed by atoms with van der Waals surface area (Å²) in [6.07, 6.45) is 8.38. The molecule has 4 aliphatic rings. The van der Waals surface area contributed by atoms with Gasteiger partial charge in [0.1, 0.15) is 5.75 Å². The van der Waals surface area contributed by atoms with Crippen LogP contribution in [0, 0.1) is 11.8 Å². The van der Waals surface area contributed by atoms with Gasteiger partial charge in [0.05, 0.1) is 18.4 Å². The molecule has 2 N–H and O–H groups in total. The first-order chi connectivity index (χ1) is 19.6. The third-order valence-electron chi connectivity index (χ3n) is 9.70. The van der Waals surface area contributed by atoms with Crippen LogP contribution in [0.4, 0.5) is 5.69 Å². The normalized spacial score (nSPS) is 32.5. The predicted molar refractivity (Wildman–Crippen MR) is 160 cm³/mol. The van der Waals surface area contributed by atoms with Crippen molar-refractivity contribution in [3.8, 4) is 5.75 Å². The van der Waals surface area contributed by atoms with E-state index < -0.39 is 28.3 Å². The van der Waals surface area contributed by atoms with E-state index >= 15 is 0 Å².